The minimum Gasteiger partial charge on any atom is -0.494 e. The summed E-state index contributed by atoms with van der Waals surface area (Å²) in [5.41, 5.74) is 15.3. The number of halogens is 1. The minimum absolute atomic E-state index is 0.0189. The van der Waals surface area contributed by atoms with Crippen LogP contribution >= 0.6 is 0 Å². The van der Waals surface area contributed by atoms with Crippen molar-refractivity contribution in [2.24, 2.45) is 11.8 Å². The highest BCUT2D eigenvalue weighted by molar-refractivity contribution is 6.08. The van der Waals surface area contributed by atoms with Crippen molar-refractivity contribution < 1.29 is 13.9 Å². The first-order valence-electron chi connectivity index (χ1n) is 27.0. The van der Waals surface area contributed by atoms with Gasteiger partial charge in [0.25, 0.3) is 0 Å². The molecule has 2 aliphatic carbocycles. The molecule has 3 aliphatic rings. The number of unbranched alkanes of at least 4 members (excludes halogenated alkanes) is 3. The fourth-order valence-corrected chi connectivity index (χ4v) is 13.0. The van der Waals surface area contributed by atoms with Gasteiger partial charge >= 0.3 is 0 Å². The van der Waals surface area contributed by atoms with Crippen molar-refractivity contribution in [2.45, 2.75) is 142 Å². The van der Waals surface area contributed by atoms with Crippen LogP contribution in [0.2, 0.25) is 0 Å². The molecule has 1 aliphatic heterocycles. The maximum Gasteiger partial charge on any atom is 0.178 e. The van der Waals surface area contributed by atoms with E-state index in [0.29, 0.717) is 18.4 Å². The largest absolute Gasteiger partial charge is 0.494 e. The van der Waals surface area contributed by atoms with E-state index in [4.69, 9.17) is 9.47 Å². The smallest absolute Gasteiger partial charge is 0.178 e. The second-order valence-electron chi connectivity index (χ2n) is 21.5. The summed E-state index contributed by atoms with van der Waals surface area (Å²) in [7, 11) is 0. The molecule has 0 N–H and O–H groups in total. The fraction of sp³-hybridized carbons (Fsp3) is 0.373. The van der Waals surface area contributed by atoms with E-state index in [0.717, 1.165) is 46.4 Å². The van der Waals surface area contributed by atoms with Crippen molar-refractivity contribution >= 4 is 16.8 Å². The summed E-state index contributed by atoms with van der Waals surface area (Å²) >= 11 is 0. The van der Waals surface area contributed by atoms with Crippen LogP contribution in [-0.2, 0) is 16.4 Å². The van der Waals surface area contributed by atoms with Gasteiger partial charge in [-0.1, -0.05) is 209 Å². The van der Waals surface area contributed by atoms with Crippen LogP contribution in [0.25, 0.3) is 50.2 Å². The molecule has 3 atom stereocenters. The maximum atomic E-state index is 14.6. The zero-order valence-electron chi connectivity index (χ0n) is 42.9. The molecule has 3 heteroatoms. The lowest BCUT2D eigenvalue weighted by molar-refractivity contribution is 0.163. The SMILES string of the molecule is CCCCOc1ccc(C2(c3ccc(F)cc3)C=Cc3c4c(c5ccccc5c3O2)-c2ccc(-c3ccc5c(c3)C(CC(CC)CCCC)(CC(CC)CCCC)c3ccccc3-5)cc2C4(C)C)cc1. The number of hydrogen-bond donors (Lipinski definition) is 0. The standard InChI is InChI=1S/C67H73FO2/c1-8-13-20-45(11-4)43-66(44-46(12-5)21-14-9-2)59-25-19-18-22-53(59)54-36-26-48(42-61(54)66)47-27-37-57-60(41-47)65(6,7)63-58-38-39-67(49-28-32-51(68)33-29-49,50-30-34-52(35-31-50)69-40-15-10-3)70-64(58)56-24-17-16-23-55(56)62(57)63/h16-19,22-39,41-42,45-46H,8-15,20-21,40,43-44H2,1-7H3. The van der Waals surface area contributed by atoms with E-state index in [1.54, 1.807) is 11.1 Å². The second-order valence-corrected chi connectivity index (χ2v) is 21.5. The quantitative estimate of drug-likeness (QED) is 0.0753. The Labute approximate surface area is 418 Å². The van der Waals surface area contributed by atoms with Crippen LogP contribution in [-0.4, -0.2) is 6.61 Å². The number of fused-ring (bicyclic) bond motifs is 11. The first-order chi connectivity index (χ1) is 34.1. The first-order valence-corrected chi connectivity index (χ1v) is 27.0. The van der Waals surface area contributed by atoms with E-state index in [-0.39, 0.29) is 16.6 Å². The van der Waals surface area contributed by atoms with Crippen molar-refractivity contribution in [1.82, 2.24) is 0 Å². The molecule has 70 heavy (non-hydrogen) atoms. The van der Waals surface area contributed by atoms with Gasteiger partial charge in [-0.05, 0) is 135 Å². The van der Waals surface area contributed by atoms with Gasteiger partial charge in [-0.2, -0.15) is 0 Å². The third kappa shape index (κ3) is 8.20. The van der Waals surface area contributed by atoms with Crippen LogP contribution in [0.5, 0.6) is 11.5 Å². The van der Waals surface area contributed by atoms with Crippen LogP contribution < -0.4 is 9.47 Å². The number of ether oxygens (including phenoxy) is 2. The van der Waals surface area contributed by atoms with Crippen molar-refractivity contribution in [3.05, 3.63) is 184 Å². The second kappa shape index (κ2) is 19.7. The summed E-state index contributed by atoms with van der Waals surface area (Å²) in [5.74, 6) is 2.78. The molecular weight excluding hydrogens is 856 g/mol. The van der Waals surface area contributed by atoms with E-state index in [9.17, 15) is 4.39 Å². The van der Waals surface area contributed by atoms with Crippen LogP contribution in [0.3, 0.4) is 0 Å². The average Bonchev–Trinajstić information content (AvgIpc) is 3.80. The Balaban J connectivity index is 1.09. The zero-order valence-corrected chi connectivity index (χ0v) is 42.9. The van der Waals surface area contributed by atoms with Crippen LogP contribution in [0.4, 0.5) is 4.39 Å². The molecule has 2 nitrogen and oxygen atoms in total. The third-order valence-electron chi connectivity index (χ3n) is 16.8. The normalized spacial score (nSPS) is 18.9. The zero-order chi connectivity index (χ0) is 48.6. The van der Waals surface area contributed by atoms with Gasteiger partial charge in [-0.15, -0.1) is 0 Å². The highest BCUT2D eigenvalue weighted by atomic mass is 19.1. The van der Waals surface area contributed by atoms with Gasteiger partial charge in [0.1, 0.15) is 17.3 Å². The molecule has 3 unspecified atom stereocenters. The molecule has 0 radical (unpaired) electrons. The molecule has 0 bridgehead atoms. The lowest BCUT2D eigenvalue weighted by Crippen LogP contribution is -2.35. The van der Waals surface area contributed by atoms with E-state index in [2.05, 4.69) is 158 Å². The molecule has 360 valence electrons. The molecule has 7 aromatic carbocycles. The topological polar surface area (TPSA) is 18.5 Å². The molecule has 0 amide bonds. The molecule has 10 rings (SSSR count). The fourth-order valence-electron chi connectivity index (χ4n) is 13.0. The van der Waals surface area contributed by atoms with Gasteiger partial charge in [0.05, 0.1) is 6.61 Å². The van der Waals surface area contributed by atoms with E-state index in [1.807, 2.05) is 24.3 Å². The van der Waals surface area contributed by atoms with Gasteiger partial charge in [0, 0.05) is 32.9 Å². The van der Waals surface area contributed by atoms with Crippen LogP contribution in [0, 0.1) is 17.7 Å². The summed E-state index contributed by atoms with van der Waals surface area (Å²) < 4.78 is 28.2. The Kier molecular flexibility index (Phi) is 13.4. The number of benzene rings is 7. The van der Waals surface area contributed by atoms with E-state index < -0.39 is 5.60 Å². The maximum absolute atomic E-state index is 14.6. The van der Waals surface area contributed by atoms with Gasteiger partial charge in [-0.25, -0.2) is 4.39 Å². The van der Waals surface area contributed by atoms with Gasteiger partial charge < -0.3 is 9.47 Å². The summed E-state index contributed by atoms with van der Waals surface area (Å²) in [6.45, 7) is 17.2. The first kappa shape index (κ1) is 47.7. The van der Waals surface area contributed by atoms with Crippen molar-refractivity contribution in [2.75, 3.05) is 6.61 Å². The molecule has 0 fully saturated rings. The van der Waals surface area contributed by atoms with E-state index >= 15 is 0 Å². The molecule has 7 aromatic rings. The highest BCUT2D eigenvalue weighted by Gasteiger charge is 2.47. The van der Waals surface area contributed by atoms with E-state index in [1.165, 1.54) is 126 Å². The van der Waals surface area contributed by atoms with Crippen molar-refractivity contribution in [3.63, 3.8) is 0 Å². The molecule has 0 saturated carbocycles. The number of rotatable bonds is 19. The third-order valence-corrected chi connectivity index (χ3v) is 16.8. The molecule has 0 spiro atoms. The number of hydrogen-bond acceptors (Lipinski definition) is 2. The predicted molar refractivity (Wildman–Crippen MR) is 293 cm³/mol. The van der Waals surface area contributed by atoms with Crippen molar-refractivity contribution in [1.29, 1.82) is 0 Å². The minimum atomic E-state index is -0.995. The Morgan fingerprint density at radius 2 is 1.14 bits per heavy atom. The summed E-state index contributed by atoms with van der Waals surface area (Å²) in [4.78, 5) is 0. The van der Waals surface area contributed by atoms with Gasteiger partial charge in [0.15, 0.2) is 5.60 Å². The monoisotopic (exact) mass is 929 g/mol. The van der Waals surface area contributed by atoms with Gasteiger partial charge in [0.2, 0.25) is 0 Å². The summed E-state index contributed by atoms with van der Waals surface area (Å²) in [6, 6.07) is 48.0. The molecule has 0 aromatic heterocycles. The summed E-state index contributed by atoms with van der Waals surface area (Å²) in [5, 5.41) is 2.25. The highest BCUT2D eigenvalue weighted by Crippen LogP contribution is 2.60. The lowest BCUT2D eigenvalue weighted by atomic mass is 9.65. The Hall–Kier alpha value is -5.93. The average molecular weight is 929 g/mol. The van der Waals surface area contributed by atoms with Crippen molar-refractivity contribution in [3.8, 4) is 44.9 Å². The molecular formula is C67H73FO2. The Morgan fingerprint density at radius 1 is 0.571 bits per heavy atom. The predicted octanol–water partition coefficient (Wildman–Crippen LogP) is 19.0. The van der Waals surface area contributed by atoms with Gasteiger partial charge in [-0.3, -0.25) is 0 Å². The van der Waals surface area contributed by atoms with Crippen LogP contribution in [0.1, 0.15) is 164 Å². The Morgan fingerprint density at radius 3 is 1.79 bits per heavy atom. The molecule has 0 saturated heterocycles. The van der Waals surface area contributed by atoms with Crippen LogP contribution in [0.15, 0.2) is 140 Å². The summed E-state index contributed by atoms with van der Waals surface area (Å²) in [6.07, 6.45) is 19.1. The lowest BCUT2D eigenvalue weighted by Gasteiger charge is -2.39. The Bertz CT molecular complexity index is 3010. The molecule has 1 heterocycles.